The van der Waals surface area contributed by atoms with Gasteiger partial charge in [-0.05, 0) is 73.2 Å². The molecule has 220 valence electrons. The standard InChI is InChI=1S/C34H41N5O3/c1-25(40)36-30-16-14-28(15-17-30)27-10-12-29(13-11-27)33(41)37(2)32-19-22-39(24-32)34(42)38-21-18-31(23-38)35-20-6-9-26-7-4-3-5-8-26/h3-5,7-8,10-17,31-32,35H,6,9,18-24H2,1-2H3,(H,36,40)/t31-,32-/m0/s1. The van der Waals surface area contributed by atoms with E-state index < -0.39 is 0 Å². The van der Waals surface area contributed by atoms with Crippen molar-refractivity contribution >= 4 is 23.5 Å². The Balaban J connectivity index is 1.07. The van der Waals surface area contributed by atoms with Crippen LogP contribution in [0.3, 0.4) is 0 Å². The van der Waals surface area contributed by atoms with Crippen molar-refractivity contribution in [1.29, 1.82) is 0 Å². The molecule has 0 aromatic heterocycles. The summed E-state index contributed by atoms with van der Waals surface area (Å²) in [6, 6.07) is 26.2. The minimum Gasteiger partial charge on any atom is -0.337 e. The van der Waals surface area contributed by atoms with Crippen LogP contribution in [0.4, 0.5) is 10.5 Å². The van der Waals surface area contributed by atoms with Crippen molar-refractivity contribution < 1.29 is 14.4 Å². The second-order valence-corrected chi connectivity index (χ2v) is 11.4. The van der Waals surface area contributed by atoms with Crippen molar-refractivity contribution in [2.45, 2.75) is 44.7 Å². The molecule has 8 nitrogen and oxygen atoms in total. The Bertz CT molecular complexity index is 1360. The third kappa shape index (κ3) is 7.36. The minimum atomic E-state index is -0.104. The number of nitrogens with one attached hydrogen (secondary N) is 2. The van der Waals surface area contributed by atoms with Gasteiger partial charge >= 0.3 is 6.03 Å². The smallest absolute Gasteiger partial charge is 0.320 e. The molecule has 0 radical (unpaired) electrons. The number of anilines is 1. The van der Waals surface area contributed by atoms with Gasteiger partial charge in [0.2, 0.25) is 5.91 Å². The number of likely N-dealkylation sites (N-methyl/N-ethyl adjacent to an activating group) is 1. The normalized spacial score (nSPS) is 18.2. The van der Waals surface area contributed by atoms with Gasteiger partial charge in [-0.2, -0.15) is 0 Å². The molecule has 3 aromatic rings. The number of aryl methyl sites for hydroxylation is 1. The van der Waals surface area contributed by atoms with Crippen LogP contribution < -0.4 is 10.6 Å². The number of hydrogen-bond donors (Lipinski definition) is 2. The van der Waals surface area contributed by atoms with E-state index in [1.165, 1.54) is 12.5 Å². The van der Waals surface area contributed by atoms with Gasteiger partial charge in [0, 0.05) is 57.4 Å². The van der Waals surface area contributed by atoms with Gasteiger partial charge in [-0.15, -0.1) is 0 Å². The first-order valence-electron chi connectivity index (χ1n) is 14.9. The molecule has 8 heteroatoms. The summed E-state index contributed by atoms with van der Waals surface area (Å²) in [4.78, 5) is 43.4. The molecule has 3 aromatic carbocycles. The lowest BCUT2D eigenvalue weighted by Gasteiger charge is -2.27. The van der Waals surface area contributed by atoms with Crippen LogP contribution in [0.15, 0.2) is 78.9 Å². The van der Waals surface area contributed by atoms with E-state index in [0.717, 1.165) is 62.1 Å². The molecule has 2 heterocycles. The lowest BCUT2D eigenvalue weighted by molar-refractivity contribution is -0.114. The molecule has 2 N–H and O–H groups in total. The fourth-order valence-corrected chi connectivity index (χ4v) is 5.90. The molecular formula is C34H41N5O3. The highest BCUT2D eigenvalue weighted by atomic mass is 16.2. The van der Waals surface area contributed by atoms with Crippen molar-refractivity contribution in [3.05, 3.63) is 90.0 Å². The Morgan fingerprint density at radius 3 is 2.17 bits per heavy atom. The van der Waals surface area contributed by atoms with E-state index in [4.69, 9.17) is 0 Å². The van der Waals surface area contributed by atoms with E-state index in [-0.39, 0.29) is 23.9 Å². The van der Waals surface area contributed by atoms with Gasteiger partial charge in [-0.1, -0.05) is 54.6 Å². The summed E-state index contributed by atoms with van der Waals surface area (Å²) in [5.41, 5.74) is 4.74. The first-order valence-corrected chi connectivity index (χ1v) is 14.9. The zero-order chi connectivity index (χ0) is 29.5. The molecule has 0 aliphatic carbocycles. The Kier molecular flexibility index (Phi) is 9.54. The lowest BCUT2D eigenvalue weighted by Crippen LogP contribution is -2.45. The first kappa shape index (κ1) is 29.3. The van der Waals surface area contributed by atoms with Crippen LogP contribution in [-0.2, 0) is 11.2 Å². The lowest BCUT2D eigenvalue weighted by atomic mass is 10.0. The quantitative estimate of drug-likeness (QED) is 0.361. The van der Waals surface area contributed by atoms with Crippen LogP contribution >= 0.6 is 0 Å². The maximum Gasteiger partial charge on any atom is 0.320 e. The Labute approximate surface area is 248 Å². The van der Waals surface area contributed by atoms with E-state index >= 15 is 0 Å². The van der Waals surface area contributed by atoms with E-state index in [1.54, 1.807) is 4.90 Å². The van der Waals surface area contributed by atoms with Gasteiger partial charge < -0.3 is 25.3 Å². The van der Waals surface area contributed by atoms with Crippen molar-refractivity contribution in [2.75, 3.05) is 45.1 Å². The number of urea groups is 1. The van der Waals surface area contributed by atoms with E-state index in [1.807, 2.05) is 71.4 Å². The molecule has 0 spiro atoms. The van der Waals surface area contributed by atoms with Crippen molar-refractivity contribution in [3.63, 3.8) is 0 Å². The number of carbonyl (C=O) groups excluding carboxylic acids is 3. The number of carbonyl (C=O) groups is 3. The molecule has 4 amide bonds. The predicted octanol–water partition coefficient (Wildman–Crippen LogP) is 4.88. The number of amides is 4. The highest BCUT2D eigenvalue weighted by molar-refractivity contribution is 5.95. The fourth-order valence-electron chi connectivity index (χ4n) is 5.90. The van der Waals surface area contributed by atoms with Gasteiger partial charge in [0.25, 0.3) is 5.91 Å². The average Bonchev–Trinajstić information content (AvgIpc) is 3.70. The summed E-state index contributed by atoms with van der Waals surface area (Å²) >= 11 is 0. The molecule has 2 aliphatic rings. The summed E-state index contributed by atoms with van der Waals surface area (Å²) in [7, 11) is 1.83. The fraction of sp³-hybridized carbons (Fsp3) is 0.382. The van der Waals surface area contributed by atoms with Gasteiger partial charge in [0.1, 0.15) is 0 Å². The van der Waals surface area contributed by atoms with Crippen molar-refractivity contribution in [1.82, 2.24) is 20.0 Å². The maximum atomic E-state index is 13.3. The summed E-state index contributed by atoms with van der Waals surface area (Å²) in [5.74, 6) is -0.144. The summed E-state index contributed by atoms with van der Waals surface area (Å²) in [5, 5.41) is 6.40. The predicted molar refractivity (Wildman–Crippen MR) is 166 cm³/mol. The van der Waals surface area contributed by atoms with E-state index in [0.29, 0.717) is 24.7 Å². The highest BCUT2D eigenvalue weighted by Gasteiger charge is 2.35. The molecule has 42 heavy (non-hydrogen) atoms. The maximum absolute atomic E-state index is 13.3. The number of benzene rings is 3. The Hall–Kier alpha value is -4.17. The van der Waals surface area contributed by atoms with Gasteiger partial charge in [-0.3, -0.25) is 9.59 Å². The molecule has 2 aliphatic heterocycles. The Morgan fingerprint density at radius 1 is 0.833 bits per heavy atom. The number of nitrogens with zero attached hydrogens (tertiary/aromatic N) is 3. The summed E-state index contributed by atoms with van der Waals surface area (Å²) in [6.45, 7) is 5.17. The molecular weight excluding hydrogens is 526 g/mol. The summed E-state index contributed by atoms with van der Waals surface area (Å²) in [6.07, 6.45) is 3.89. The summed E-state index contributed by atoms with van der Waals surface area (Å²) < 4.78 is 0. The van der Waals surface area contributed by atoms with Crippen LogP contribution in [0.1, 0.15) is 42.1 Å². The number of hydrogen-bond acceptors (Lipinski definition) is 4. The largest absolute Gasteiger partial charge is 0.337 e. The zero-order valence-electron chi connectivity index (χ0n) is 24.6. The van der Waals surface area contributed by atoms with E-state index in [2.05, 4.69) is 34.9 Å². The van der Waals surface area contributed by atoms with Crippen molar-refractivity contribution in [2.24, 2.45) is 0 Å². The van der Waals surface area contributed by atoms with Gasteiger partial charge in [-0.25, -0.2) is 4.79 Å². The number of likely N-dealkylation sites (tertiary alicyclic amines) is 2. The molecule has 2 atom stereocenters. The SMILES string of the molecule is CC(=O)Nc1ccc(-c2ccc(C(=O)N(C)[C@H]3CCN(C(=O)N4CC[C@H](NCCCc5ccccc5)C4)C3)cc2)cc1. The topological polar surface area (TPSA) is 85.0 Å². The number of rotatable bonds is 9. The minimum absolute atomic E-state index is 0.00282. The van der Waals surface area contributed by atoms with Gasteiger partial charge in [0.05, 0.1) is 6.04 Å². The highest BCUT2D eigenvalue weighted by Crippen LogP contribution is 2.24. The zero-order valence-corrected chi connectivity index (χ0v) is 24.6. The average molecular weight is 568 g/mol. The van der Waals surface area contributed by atoms with Crippen molar-refractivity contribution in [3.8, 4) is 11.1 Å². The van der Waals surface area contributed by atoms with Crippen LogP contribution in [0, 0.1) is 0 Å². The van der Waals surface area contributed by atoms with Crippen LogP contribution in [0.25, 0.3) is 11.1 Å². The monoisotopic (exact) mass is 567 g/mol. The van der Waals surface area contributed by atoms with Crippen LogP contribution in [0.2, 0.25) is 0 Å². The van der Waals surface area contributed by atoms with Crippen LogP contribution in [-0.4, -0.2) is 84.4 Å². The molecule has 2 saturated heterocycles. The molecule has 2 fully saturated rings. The van der Waals surface area contributed by atoms with Gasteiger partial charge in [0.15, 0.2) is 0 Å². The molecule has 0 bridgehead atoms. The molecule has 5 rings (SSSR count). The second kappa shape index (κ2) is 13.7. The van der Waals surface area contributed by atoms with Crippen LogP contribution in [0.5, 0.6) is 0 Å². The van der Waals surface area contributed by atoms with E-state index in [9.17, 15) is 14.4 Å². The Morgan fingerprint density at radius 2 is 1.48 bits per heavy atom. The molecule has 0 saturated carbocycles. The third-order valence-corrected chi connectivity index (χ3v) is 8.35. The first-order chi connectivity index (χ1) is 20.4. The second-order valence-electron chi connectivity index (χ2n) is 11.4. The third-order valence-electron chi connectivity index (χ3n) is 8.35. The molecule has 0 unspecified atom stereocenters.